The number of fused-ring (bicyclic) bond motifs is 3. The van der Waals surface area contributed by atoms with E-state index in [1.165, 1.54) is 15.9 Å². The van der Waals surface area contributed by atoms with Gasteiger partial charge in [-0.2, -0.15) is 0 Å². The van der Waals surface area contributed by atoms with Crippen molar-refractivity contribution < 1.29 is 36.7 Å². The first-order valence-corrected chi connectivity index (χ1v) is 21.8. The van der Waals surface area contributed by atoms with Gasteiger partial charge in [0.2, 0.25) is 21.8 Å². The summed E-state index contributed by atoms with van der Waals surface area (Å²) < 4.78 is 48.3. The highest BCUT2D eigenvalue weighted by Crippen LogP contribution is 2.74. The third-order valence-corrected chi connectivity index (χ3v) is 15.9. The van der Waals surface area contributed by atoms with E-state index in [0.29, 0.717) is 48.9 Å². The smallest absolute Gasteiger partial charge is 0.410 e. The summed E-state index contributed by atoms with van der Waals surface area (Å²) in [6, 6.07) is 2.83. The second kappa shape index (κ2) is 12.9. The van der Waals surface area contributed by atoms with E-state index in [2.05, 4.69) is 15.4 Å². The number of halogens is 1. The zero-order chi connectivity index (χ0) is 39.6. The van der Waals surface area contributed by atoms with Gasteiger partial charge in [-0.15, -0.1) is 0 Å². The number of ether oxygens (including phenoxy) is 1. The topological polar surface area (TPSA) is 192 Å². The standard InChI is InChI=1S/C40H45FN6O9S/c41-26-9-6-7-21-18-45(20-25(21)26)38(53)56-23-15-28-35(50)43-40(37(52)44-57(54,55)24-11-12-24)16-22(40)8-4-2-1-3-5-10-27(36(51)46(28)19-23)42-31-32(34(49)33(31)48)47-29-13-14-39(29)17-30(39)47/h4,6-9,22-24,27-30,42H,1-3,5,10-20H2,(H,43,50)(H,44,52)/b8-4-/t22-,23-,27+,28+,29?,30?,39?,40-/m1/s1. The van der Waals surface area contributed by atoms with Crippen LogP contribution in [-0.2, 0) is 42.2 Å². The van der Waals surface area contributed by atoms with Gasteiger partial charge in [0.25, 0.3) is 16.8 Å². The second-order valence-corrected chi connectivity index (χ2v) is 19.4. The molecule has 0 aromatic heterocycles. The summed E-state index contributed by atoms with van der Waals surface area (Å²) in [5, 5.41) is 5.31. The van der Waals surface area contributed by atoms with Crippen LogP contribution in [0, 0.1) is 17.2 Å². The molecule has 8 atom stereocenters. The van der Waals surface area contributed by atoms with E-state index in [4.69, 9.17) is 4.74 Å². The van der Waals surface area contributed by atoms with Gasteiger partial charge in [-0.1, -0.05) is 37.1 Å². The molecule has 3 unspecified atom stereocenters. The Bertz CT molecular complexity index is 2320. The quantitative estimate of drug-likeness (QED) is 0.274. The number of nitrogens with zero attached hydrogens (tertiary/aromatic N) is 3. The highest BCUT2D eigenvalue weighted by atomic mass is 32.2. The summed E-state index contributed by atoms with van der Waals surface area (Å²) in [6.45, 7) is -0.0733. The van der Waals surface area contributed by atoms with Crippen LogP contribution < -0.4 is 31.1 Å². The van der Waals surface area contributed by atoms with Crippen LogP contribution in [0.15, 0.2) is 39.9 Å². The van der Waals surface area contributed by atoms with Crippen LogP contribution in [-0.4, -0.2) is 89.6 Å². The van der Waals surface area contributed by atoms with Crippen molar-refractivity contribution in [2.45, 2.75) is 131 Å². The van der Waals surface area contributed by atoms with Crippen molar-refractivity contribution in [1.82, 2.24) is 19.8 Å². The Balaban J connectivity index is 0.931. The maximum Gasteiger partial charge on any atom is 0.410 e. The molecule has 57 heavy (non-hydrogen) atoms. The number of allylic oxidation sites excluding steroid dienone is 1. The lowest BCUT2D eigenvalue weighted by Gasteiger charge is -2.56. The van der Waals surface area contributed by atoms with Crippen molar-refractivity contribution in [3.8, 4) is 0 Å². The van der Waals surface area contributed by atoms with Crippen LogP contribution in [0.4, 0.5) is 20.6 Å². The molecule has 302 valence electrons. The van der Waals surface area contributed by atoms with Gasteiger partial charge in [-0.3, -0.25) is 33.6 Å². The predicted octanol–water partition coefficient (Wildman–Crippen LogP) is 2.07. The van der Waals surface area contributed by atoms with Gasteiger partial charge < -0.3 is 25.2 Å². The van der Waals surface area contributed by atoms with Crippen LogP contribution in [0.25, 0.3) is 0 Å². The summed E-state index contributed by atoms with van der Waals surface area (Å²) in [6.07, 6.45) is 9.00. The van der Waals surface area contributed by atoms with Crippen LogP contribution in [0.1, 0.15) is 88.2 Å². The van der Waals surface area contributed by atoms with Crippen molar-refractivity contribution in [3.63, 3.8) is 0 Å². The largest absolute Gasteiger partial charge is 0.444 e. The Morgan fingerprint density at radius 2 is 1.79 bits per heavy atom. The summed E-state index contributed by atoms with van der Waals surface area (Å²) in [4.78, 5) is 87.2. The molecule has 4 heterocycles. The van der Waals surface area contributed by atoms with Gasteiger partial charge in [0, 0.05) is 41.9 Å². The number of amides is 4. The summed E-state index contributed by atoms with van der Waals surface area (Å²) in [5.41, 5.74) is -1.08. The number of rotatable bonds is 7. The zero-order valence-electron chi connectivity index (χ0n) is 31.3. The molecule has 6 fully saturated rings. The van der Waals surface area contributed by atoms with E-state index in [9.17, 15) is 41.6 Å². The molecule has 1 spiro atoms. The Morgan fingerprint density at radius 1 is 0.965 bits per heavy atom. The number of carbonyl (C=O) groups excluding carboxylic acids is 4. The average molecular weight is 805 g/mol. The van der Waals surface area contributed by atoms with E-state index in [1.807, 2.05) is 17.1 Å². The zero-order valence-corrected chi connectivity index (χ0v) is 32.2. The number of piperidine rings is 1. The highest BCUT2D eigenvalue weighted by molar-refractivity contribution is 7.91. The maximum absolute atomic E-state index is 14.8. The molecule has 10 rings (SSSR count). The molecule has 15 nitrogen and oxygen atoms in total. The summed E-state index contributed by atoms with van der Waals surface area (Å²) >= 11 is 0. The van der Waals surface area contributed by atoms with Gasteiger partial charge in [0.15, 0.2) is 0 Å². The lowest BCUT2D eigenvalue weighted by atomic mass is 9.68. The van der Waals surface area contributed by atoms with Crippen molar-refractivity contribution in [2.24, 2.45) is 11.3 Å². The maximum atomic E-state index is 14.8. The summed E-state index contributed by atoms with van der Waals surface area (Å²) in [7, 11) is -3.94. The van der Waals surface area contributed by atoms with Crippen molar-refractivity contribution >= 4 is 45.2 Å². The number of benzene rings is 1. The summed E-state index contributed by atoms with van der Waals surface area (Å²) in [5.74, 6) is -3.01. The molecule has 4 amide bonds. The number of anilines is 2. The molecule has 3 N–H and O–H groups in total. The Morgan fingerprint density at radius 3 is 2.51 bits per heavy atom. The third kappa shape index (κ3) is 5.80. The molecular formula is C40H45FN6O9S. The average Bonchev–Trinajstić information content (AvgIpc) is 4.13. The molecule has 2 aromatic rings. The number of sulfonamides is 1. The molecule has 4 saturated carbocycles. The molecule has 2 aromatic carbocycles. The van der Waals surface area contributed by atoms with Crippen molar-refractivity contribution in [2.75, 3.05) is 16.8 Å². The van der Waals surface area contributed by atoms with Gasteiger partial charge >= 0.3 is 6.09 Å². The first kappa shape index (κ1) is 36.5. The Hall–Kier alpha value is -4.80. The Kier molecular flexibility index (Phi) is 8.24. The van der Waals surface area contributed by atoms with Crippen LogP contribution in [0.2, 0.25) is 0 Å². The van der Waals surface area contributed by atoms with Crippen LogP contribution in [0.5, 0.6) is 0 Å². The molecule has 0 bridgehead atoms. The predicted molar refractivity (Wildman–Crippen MR) is 202 cm³/mol. The fourth-order valence-corrected chi connectivity index (χ4v) is 11.7. The van der Waals surface area contributed by atoms with Crippen LogP contribution >= 0.6 is 0 Å². The molecular weight excluding hydrogens is 760 g/mol. The van der Waals surface area contributed by atoms with E-state index in [1.54, 1.807) is 12.1 Å². The molecule has 2 saturated heterocycles. The van der Waals surface area contributed by atoms with Crippen LogP contribution in [0.3, 0.4) is 0 Å². The fraction of sp³-hybridized carbons (Fsp3) is 0.600. The minimum atomic E-state index is -3.94. The lowest BCUT2D eigenvalue weighted by Crippen LogP contribution is -2.65. The molecule has 17 heteroatoms. The van der Waals surface area contributed by atoms with E-state index < -0.39 is 85.4 Å². The number of nitrogens with one attached hydrogen (secondary N) is 3. The lowest BCUT2D eigenvalue weighted by molar-refractivity contribution is -0.140. The van der Waals surface area contributed by atoms with Gasteiger partial charge in [0.05, 0.1) is 18.3 Å². The number of hydrogen-bond acceptors (Lipinski definition) is 11. The first-order valence-electron chi connectivity index (χ1n) is 20.3. The van der Waals surface area contributed by atoms with Gasteiger partial charge in [-0.25, -0.2) is 17.6 Å². The minimum absolute atomic E-state index is 0.00748. The van der Waals surface area contributed by atoms with E-state index >= 15 is 0 Å². The molecule has 4 aliphatic heterocycles. The Labute approximate surface area is 328 Å². The monoisotopic (exact) mass is 804 g/mol. The number of carbonyl (C=O) groups is 4. The fourth-order valence-electron chi connectivity index (χ4n) is 10.3. The van der Waals surface area contributed by atoms with E-state index in [0.717, 1.165) is 32.1 Å². The van der Waals surface area contributed by atoms with Crippen molar-refractivity contribution in [3.05, 3.63) is 67.7 Å². The second-order valence-electron chi connectivity index (χ2n) is 17.5. The minimum Gasteiger partial charge on any atom is -0.444 e. The molecule has 4 aliphatic carbocycles. The molecule has 0 radical (unpaired) electrons. The first-order chi connectivity index (χ1) is 27.3. The highest BCUT2D eigenvalue weighted by Gasteiger charge is 2.78. The third-order valence-electron chi connectivity index (χ3n) is 14.1. The van der Waals surface area contributed by atoms with Gasteiger partial charge in [0.1, 0.15) is 40.9 Å². The molecule has 8 aliphatic rings. The normalized spacial score (nSPS) is 34.8. The number of hydrogen-bond donors (Lipinski definition) is 3. The van der Waals surface area contributed by atoms with Gasteiger partial charge in [-0.05, 0) is 69.4 Å². The van der Waals surface area contributed by atoms with E-state index in [-0.39, 0.29) is 55.7 Å². The SMILES string of the molecule is O=C1N[C@]2(C(=O)NS(=O)(=O)C3CC3)C[C@H]2/C=C\CCCCC[C@H](Nc2c(N3C4CCC45CC35)c(=O)c2=O)C(=O)N2C[C@H](OC(=O)N3Cc4cccc(F)c4C3)C[C@@H]12. The van der Waals surface area contributed by atoms with Crippen molar-refractivity contribution in [1.29, 1.82) is 0 Å².